The summed E-state index contributed by atoms with van der Waals surface area (Å²) in [5.74, 6) is -1.27. The number of carbonyl (C=O) groups excluding carboxylic acids is 2. The van der Waals surface area contributed by atoms with Crippen molar-refractivity contribution >= 4 is 18.0 Å². The van der Waals surface area contributed by atoms with Gasteiger partial charge in [0.1, 0.15) is 6.61 Å². The van der Waals surface area contributed by atoms with Crippen LogP contribution >= 0.6 is 0 Å². The Hall–Kier alpha value is -3.43. The monoisotopic (exact) mass is 482 g/mol. The van der Waals surface area contributed by atoms with Gasteiger partial charge >= 0.3 is 12.1 Å². The lowest BCUT2D eigenvalue weighted by molar-refractivity contribution is -0.138. The van der Waals surface area contributed by atoms with Gasteiger partial charge in [-0.15, -0.1) is 0 Å². The fourth-order valence-electron chi connectivity index (χ4n) is 4.58. The molecular weight excluding hydrogens is 452 g/mol. The van der Waals surface area contributed by atoms with Crippen LogP contribution in [0.1, 0.15) is 30.4 Å². The largest absolute Gasteiger partial charge is 0.481 e. The fraction of sp³-hybridized carbons (Fsp3) is 0.423. The van der Waals surface area contributed by atoms with Gasteiger partial charge in [-0.3, -0.25) is 9.59 Å². The molecule has 4 rings (SSSR count). The summed E-state index contributed by atoms with van der Waals surface area (Å²) >= 11 is 0. The molecule has 1 saturated heterocycles. The molecule has 0 spiro atoms. The number of alkyl carbamates (subject to hydrolysis) is 1. The van der Waals surface area contributed by atoms with Gasteiger partial charge < -0.3 is 30.0 Å². The minimum atomic E-state index is -0.966. The maximum Gasteiger partial charge on any atom is 0.407 e. The van der Waals surface area contributed by atoms with E-state index < -0.39 is 23.5 Å². The zero-order valence-corrected chi connectivity index (χ0v) is 19.6. The molecule has 35 heavy (non-hydrogen) atoms. The fourth-order valence-corrected chi connectivity index (χ4v) is 4.58. The van der Waals surface area contributed by atoms with E-state index in [2.05, 4.69) is 34.9 Å². The zero-order chi connectivity index (χ0) is 24.8. The second kappa shape index (κ2) is 10.9. The van der Waals surface area contributed by atoms with Crippen LogP contribution in [0.3, 0.4) is 0 Å². The first-order valence-electron chi connectivity index (χ1n) is 11.7. The van der Waals surface area contributed by atoms with Gasteiger partial charge in [-0.2, -0.15) is 0 Å². The van der Waals surface area contributed by atoms with Gasteiger partial charge in [0.05, 0.1) is 44.3 Å². The second-order valence-corrected chi connectivity index (χ2v) is 8.97. The molecule has 0 aromatic heterocycles. The van der Waals surface area contributed by atoms with E-state index in [4.69, 9.17) is 19.3 Å². The Balaban J connectivity index is 1.29. The van der Waals surface area contributed by atoms with Crippen LogP contribution in [0.5, 0.6) is 0 Å². The highest BCUT2D eigenvalue weighted by molar-refractivity contribution is 5.84. The molecule has 186 valence electrons. The van der Waals surface area contributed by atoms with Crippen LogP contribution in [0, 0.1) is 5.41 Å². The highest BCUT2D eigenvalue weighted by atomic mass is 16.5. The predicted molar refractivity (Wildman–Crippen MR) is 127 cm³/mol. The molecule has 3 N–H and O–H groups in total. The molecule has 2 aromatic carbocycles. The topological polar surface area (TPSA) is 123 Å². The van der Waals surface area contributed by atoms with E-state index in [1.807, 2.05) is 24.3 Å². The van der Waals surface area contributed by atoms with E-state index in [0.29, 0.717) is 0 Å². The molecule has 1 heterocycles. The van der Waals surface area contributed by atoms with Crippen molar-refractivity contribution < 1.29 is 33.7 Å². The summed E-state index contributed by atoms with van der Waals surface area (Å²) in [5.41, 5.74) is 3.59. The first kappa shape index (κ1) is 24.7. The highest BCUT2D eigenvalue weighted by Gasteiger charge is 2.47. The molecule has 2 unspecified atom stereocenters. The van der Waals surface area contributed by atoms with Crippen LogP contribution in [-0.2, 0) is 23.8 Å². The molecule has 0 bridgehead atoms. The quantitative estimate of drug-likeness (QED) is 0.445. The van der Waals surface area contributed by atoms with Crippen LogP contribution in [0.15, 0.2) is 48.5 Å². The maximum atomic E-state index is 12.8. The molecule has 1 aliphatic heterocycles. The lowest BCUT2D eigenvalue weighted by atomic mass is 9.84. The second-order valence-electron chi connectivity index (χ2n) is 8.97. The third-order valence-corrected chi connectivity index (χ3v) is 6.60. The summed E-state index contributed by atoms with van der Waals surface area (Å²) in [7, 11) is 0. The van der Waals surface area contributed by atoms with Crippen molar-refractivity contribution in [1.29, 1.82) is 0 Å². The smallest absolute Gasteiger partial charge is 0.407 e. The molecule has 0 saturated carbocycles. The van der Waals surface area contributed by atoms with E-state index in [0.717, 1.165) is 22.3 Å². The van der Waals surface area contributed by atoms with Crippen molar-refractivity contribution in [3.63, 3.8) is 0 Å². The number of aliphatic carboxylic acids is 1. The van der Waals surface area contributed by atoms with Crippen LogP contribution in [-0.4, -0.2) is 68.7 Å². The molecule has 9 nitrogen and oxygen atoms in total. The van der Waals surface area contributed by atoms with E-state index in [1.165, 1.54) is 0 Å². The number of carbonyl (C=O) groups is 3. The average molecular weight is 483 g/mol. The number of nitrogens with one attached hydrogen (secondary N) is 2. The summed E-state index contributed by atoms with van der Waals surface area (Å²) in [6.07, 6.45) is -0.690. The summed E-state index contributed by atoms with van der Waals surface area (Å²) in [4.78, 5) is 36.0. The van der Waals surface area contributed by atoms with Gasteiger partial charge in [-0.1, -0.05) is 48.5 Å². The standard InChI is InChI=1S/C26H30N2O7/c1-26(24(31)27-11-13-33-12-10-23(29)30)16-34-15-22(26)28-25(32)35-14-21-19-8-4-2-6-17(19)18-7-3-5-9-20(18)21/h2-9,21-22H,10-16H2,1H3,(H,27,31)(H,28,32)(H,29,30). The van der Waals surface area contributed by atoms with Crippen molar-refractivity contribution in [3.8, 4) is 11.1 Å². The van der Waals surface area contributed by atoms with Gasteiger partial charge in [-0.25, -0.2) is 4.79 Å². The Morgan fingerprint density at radius 3 is 2.37 bits per heavy atom. The number of hydrogen-bond acceptors (Lipinski definition) is 6. The number of ether oxygens (including phenoxy) is 3. The SMILES string of the molecule is CC1(C(=O)NCCOCCC(=O)O)COCC1NC(=O)OCC1c2ccccc2-c2ccccc21. The lowest BCUT2D eigenvalue weighted by Gasteiger charge is -2.28. The number of carboxylic acid groups (broad SMARTS) is 1. The third kappa shape index (κ3) is 5.47. The predicted octanol–water partition coefficient (Wildman–Crippen LogP) is 2.54. The highest BCUT2D eigenvalue weighted by Crippen LogP contribution is 2.44. The Morgan fingerprint density at radius 2 is 1.71 bits per heavy atom. The van der Waals surface area contributed by atoms with Crippen molar-refractivity contribution in [1.82, 2.24) is 10.6 Å². The lowest BCUT2D eigenvalue weighted by Crippen LogP contribution is -2.54. The van der Waals surface area contributed by atoms with Gasteiger partial charge in [0.25, 0.3) is 0 Å². The van der Waals surface area contributed by atoms with Crippen LogP contribution in [0.25, 0.3) is 11.1 Å². The van der Waals surface area contributed by atoms with Gasteiger partial charge in [0.2, 0.25) is 5.91 Å². The van der Waals surface area contributed by atoms with Gasteiger partial charge in [0.15, 0.2) is 0 Å². The molecule has 0 radical (unpaired) electrons. The molecule has 2 amide bonds. The molecular formula is C26H30N2O7. The number of benzene rings is 2. The van der Waals surface area contributed by atoms with Gasteiger partial charge in [0, 0.05) is 12.5 Å². The van der Waals surface area contributed by atoms with E-state index in [-0.39, 0.29) is 57.8 Å². The molecule has 2 aromatic rings. The van der Waals surface area contributed by atoms with Crippen molar-refractivity contribution in [3.05, 3.63) is 59.7 Å². The van der Waals surface area contributed by atoms with E-state index in [9.17, 15) is 14.4 Å². The van der Waals surface area contributed by atoms with Gasteiger partial charge in [-0.05, 0) is 29.2 Å². The molecule has 1 aliphatic carbocycles. The molecule has 1 fully saturated rings. The maximum absolute atomic E-state index is 12.8. The van der Waals surface area contributed by atoms with Crippen LogP contribution < -0.4 is 10.6 Å². The third-order valence-electron chi connectivity index (χ3n) is 6.60. The first-order valence-corrected chi connectivity index (χ1v) is 11.7. The van der Waals surface area contributed by atoms with Crippen molar-refractivity contribution in [2.45, 2.75) is 25.3 Å². The zero-order valence-electron chi connectivity index (χ0n) is 19.6. The number of fused-ring (bicyclic) bond motifs is 3. The average Bonchev–Trinajstić information content (AvgIpc) is 3.38. The van der Waals surface area contributed by atoms with Crippen molar-refractivity contribution in [2.75, 3.05) is 39.6 Å². The number of hydrogen-bond donors (Lipinski definition) is 3. The molecule has 2 atom stereocenters. The summed E-state index contributed by atoms with van der Waals surface area (Å²) in [6, 6.07) is 15.7. The van der Waals surface area contributed by atoms with Crippen LogP contribution in [0.4, 0.5) is 4.79 Å². The normalized spacial score (nSPS) is 20.7. The number of amides is 2. The summed E-state index contributed by atoms with van der Waals surface area (Å²) in [6.45, 7) is 2.78. The Bertz CT molecular complexity index is 1040. The van der Waals surface area contributed by atoms with Crippen molar-refractivity contribution in [2.24, 2.45) is 5.41 Å². The minimum absolute atomic E-state index is 0.0520. The number of rotatable bonds is 10. The molecule has 2 aliphatic rings. The Labute approximate surface area is 203 Å². The number of carboxylic acids is 1. The van der Waals surface area contributed by atoms with E-state index >= 15 is 0 Å². The summed E-state index contributed by atoms with van der Waals surface area (Å²) in [5, 5.41) is 14.2. The Morgan fingerprint density at radius 1 is 1.06 bits per heavy atom. The van der Waals surface area contributed by atoms with Crippen LogP contribution in [0.2, 0.25) is 0 Å². The minimum Gasteiger partial charge on any atom is -0.481 e. The summed E-state index contributed by atoms with van der Waals surface area (Å²) < 4.78 is 16.3. The Kier molecular flexibility index (Phi) is 7.67. The first-order chi connectivity index (χ1) is 16.9. The molecule has 9 heteroatoms. The van der Waals surface area contributed by atoms with E-state index in [1.54, 1.807) is 6.92 Å².